The van der Waals surface area contributed by atoms with Gasteiger partial charge in [-0.15, -0.1) is 0 Å². The van der Waals surface area contributed by atoms with Crippen LogP contribution in [0, 0.1) is 5.92 Å². The van der Waals surface area contributed by atoms with Crippen LogP contribution in [-0.4, -0.2) is 31.0 Å². The maximum absolute atomic E-state index is 12.5. The van der Waals surface area contributed by atoms with Gasteiger partial charge < -0.3 is 10.6 Å². The number of alkyl halides is 2. The van der Waals surface area contributed by atoms with Gasteiger partial charge in [-0.25, -0.2) is 8.78 Å². The van der Waals surface area contributed by atoms with E-state index in [0.717, 1.165) is 12.5 Å². The molecule has 5 heteroatoms. The zero-order chi connectivity index (χ0) is 10.2. The molecular weight excluding hydrogens is 188 g/mol. The third-order valence-corrected chi connectivity index (χ3v) is 2.64. The van der Waals surface area contributed by atoms with Gasteiger partial charge in [0.15, 0.2) is 5.96 Å². The molecule has 0 bridgehead atoms. The predicted molar refractivity (Wildman–Crippen MR) is 50.6 cm³/mol. The Morgan fingerprint density at radius 3 is 2.79 bits per heavy atom. The molecule has 1 unspecified atom stereocenters. The number of halogens is 2. The topological polar surface area (TPSA) is 36.4 Å². The Kier molecular flexibility index (Phi) is 2.33. The molecule has 0 radical (unpaired) electrons. The lowest BCUT2D eigenvalue weighted by Gasteiger charge is -2.35. The van der Waals surface area contributed by atoms with Crippen molar-refractivity contribution in [1.29, 1.82) is 0 Å². The number of nitrogens with zero attached hydrogens (tertiary/aromatic N) is 1. The van der Waals surface area contributed by atoms with Crippen LogP contribution in [-0.2, 0) is 0 Å². The smallest absolute Gasteiger partial charge is 0.248 e. The summed E-state index contributed by atoms with van der Waals surface area (Å²) in [6.07, 6.45) is 0.0334. The Bertz CT molecular complexity index is 244. The van der Waals surface area contributed by atoms with Gasteiger partial charge in [0, 0.05) is 25.4 Å². The minimum atomic E-state index is -2.41. The first kappa shape index (κ1) is 9.68. The summed E-state index contributed by atoms with van der Waals surface area (Å²) in [5.74, 6) is -1.55. The van der Waals surface area contributed by atoms with Gasteiger partial charge in [-0.2, -0.15) is 0 Å². The average Bonchev–Trinajstić information content (AvgIpc) is 2.44. The van der Waals surface area contributed by atoms with Gasteiger partial charge in [-0.3, -0.25) is 4.99 Å². The van der Waals surface area contributed by atoms with Crippen LogP contribution < -0.4 is 10.6 Å². The summed E-state index contributed by atoms with van der Waals surface area (Å²) in [6, 6.07) is 0.361. The van der Waals surface area contributed by atoms with Crippen LogP contribution in [0.4, 0.5) is 8.78 Å². The Morgan fingerprint density at radius 2 is 2.29 bits per heavy atom. The first-order valence-corrected chi connectivity index (χ1v) is 4.98. The van der Waals surface area contributed by atoms with Crippen molar-refractivity contribution in [3.63, 3.8) is 0 Å². The van der Waals surface area contributed by atoms with Crippen LogP contribution in [0.2, 0.25) is 0 Å². The molecule has 1 atom stereocenters. The van der Waals surface area contributed by atoms with Crippen molar-refractivity contribution in [2.45, 2.75) is 31.7 Å². The number of hydrogen-bond donors (Lipinski definition) is 2. The van der Waals surface area contributed by atoms with Crippen LogP contribution >= 0.6 is 0 Å². The van der Waals surface area contributed by atoms with E-state index in [0.29, 0.717) is 12.6 Å². The van der Waals surface area contributed by atoms with E-state index < -0.39 is 5.92 Å². The third kappa shape index (κ3) is 2.13. The lowest BCUT2D eigenvalue weighted by atomic mass is 9.81. The fraction of sp³-hybridized carbons (Fsp3) is 0.889. The van der Waals surface area contributed by atoms with E-state index in [9.17, 15) is 8.78 Å². The van der Waals surface area contributed by atoms with Gasteiger partial charge in [-0.1, -0.05) is 0 Å². The fourth-order valence-corrected chi connectivity index (χ4v) is 1.83. The molecule has 1 heterocycles. The summed E-state index contributed by atoms with van der Waals surface area (Å²) in [5, 5.41) is 6.19. The second-order valence-electron chi connectivity index (χ2n) is 4.25. The number of nitrogens with one attached hydrogen (secondary N) is 2. The Morgan fingerprint density at radius 1 is 1.57 bits per heavy atom. The highest BCUT2D eigenvalue weighted by atomic mass is 19.3. The molecule has 2 aliphatic rings. The normalized spacial score (nSPS) is 30.5. The largest absolute Gasteiger partial charge is 0.356 e. The van der Waals surface area contributed by atoms with Crippen LogP contribution in [0.15, 0.2) is 4.99 Å². The molecular formula is C9H15F2N3. The fourth-order valence-electron chi connectivity index (χ4n) is 1.83. The summed E-state index contributed by atoms with van der Waals surface area (Å²) in [7, 11) is 0. The van der Waals surface area contributed by atoms with Gasteiger partial charge in [0.1, 0.15) is 0 Å². The Labute approximate surface area is 82.0 Å². The summed E-state index contributed by atoms with van der Waals surface area (Å²) in [6.45, 7) is 3.41. The third-order valence-electron chi connectivity index (χ3n) is 2.64. The van der Waals surface area contributed by atoms with Crippen molar-refractivity contribution >= 4 is 5.96 Å². The molecule has 1 fully saturated rings. The standard InChI is InChI=1S/C9H15F2N3/c1-6-4-12-8(14-6)13-5-7-2-9(10,11)3-7/h6-7H,2-5H2,1H3,(H2,12,13,14). The lowest BCUT2D eigenvalue weighted by molar-refractivity contribution is -0.108. The average molecular weight is 203 g/mol. The molecule has 1 saturated carbocycles. The molecule has 1 aliphatic heterocycles. The van der Waals surface area contributed by atoms with Crippen molar-refractivity contribution in [3.05, 3.63) is 0 Å². The van der Waals surface area contributed by atoms with Crippen LogP contribution in [0.5, 0.6) is 0 Å². The first-order chi connectivity index (χ1) is 6.55. The Balaban J connectivity index is 1.65. The zero-order valence-electron chi connectivity index (χ0n) is 8.19. The Hall–Kier alpha value is -0.870. The monoisotopic (exact) mass is 203 g/mol. The highest BCUT2D eigenvalue weighted by Crippen LogP contribution is 2.41. The van der Waals surface area contributed by atoms with Crippen LogP contribution in [0.3, 0.4) is 0 Å². The molecule has 0 aromatic carbocycles. The molecule has 14 heavy (non-hydrogen) atoms. The van der Waals surface area contributed by atoms with E-state index in [2.05, 4.69) is 15.6 Å². The maximum Gasteiger partial charge on any atom is 0.248 e. The van der Waals surface area contributed by atoms with Gasteiger partial charge in [-0.05, 0) is 12.8 Å². The van der Waals surface area contributed by atoms with Crippen molar-refractivity contribution in [2.24, 2.45) is 10.9 Å². The second-order valence-corrected chi connectivity index (χ2v) is 4.25. The van der Waals surface area contributed by atoms with E-state index in [-0.39, 0.29) is 18.8 Å². The molecule has 0 saturated heterocycles. The molecule has 0 aromatic heterocycles. The van der Waals surface area contributed by atoms with Crippen molar-refractivity contribution < 1.29 is 8.78 Å². The highest BCUT2D eigenvalue weighted by molar-refractivity contribution is 5.81. The van der Waals surface area contributed by atoms with E-state index in [1.165, 1.54) is 0 Å². The lowest BCUT2D eigenvalue weighted by Crippen LogP contribution is -2.45. The highest BCUT2D eigenvalue weighted by Gasteiger charge is 2.44. The van der Waals surface area contributed by atoms with E-state index in [1.807, 2.05) is 6.92 Å². The number of aliphatic imine (C=N–C) groups is 1. The predicted octanol–water partition coefficient (Wildman–Crippen LogP) is 0.969. The van der Waals surface area contributed by atoms with Gasteiger partial charge in [0.05, 0.1) is 6.54 Å². The number of hydrogen-bond acceptors (Lipinski definition) is 3. The molecule has 1 aliphatic carbocycles. The SMILES string of the molecule is CC1CN=C(NCC2CC(F)(F)C2)N1. The minimum Gasteiger partial charge on any atom is -0.356 e. The molecule has 0 aromatic rings. The second kappa shape index (κ2) is 3.37. The molecule has 0 amide bonds. The summed E-state index contributed by atoms with van der Waals surface area (Å²) in [5.41, 5.74) is 0. The van der Waals surface area contributed by atoms with E-state index in [4.69, 9.17) is 0 Å². The van der Waals surface area contributed by atoms with E-state index >= 15 is 0 Å². The maximum atomic E-state index is 12.5. The van der Waals surface area contributed by atoms with Crippen molar-refractivity contribution in [3.8, 4) is 0 Å². The summed E-state index contributed by atoms with van der Waals surface area (Å²) >= 11 is 0. The minimum absolute atomic E-state index is 0.0167. The molecule has 0 spiro atoms. The zero-order valence-corrected chi connectivity index (χ0v) is 8.19. The quantitative estimate of drug-likeness (QED) is 0.701. The number of rotatable bonds is 2. The van der Waals surface area contributed by atoms with Crippen molar-refractivity contribution in [1.82, 2.24) is 10.6 Å². The molecule has 3 nitrogen and oxygen atoms in total. The summed E-state index contributed by atoms with van der Waals surface area (Å²) in [4.78, 5) is 4.19. The van der Waals surface area contributed by atoms with Crippen molar-refractivity contribution in [2.75, 3.05) is 13.1 Å². The van der Waals surface area contributed by atoms with Crippen LogP contribution in [0.25, 0.3) is 0 Å². The molecule has 2 rings (SSSR count). The molecule has 80 valence electrons. The van der Waals surface area contributed by atoms with Gasteiger partial charge >= 0.3 is 0 Å². The number of guanidine groups is 1. The van der Waals surface area contributed by atoms with Crippen LogP contribution in [0.1, 0.15) is 19.8 Å². The van der Waals surface area contributed by atoms with Gasteiger partial charge in [0.2, 0.25) is 5.92 Å². The molecule has 2 N–H and O–H groups in total. The van der Waals surface area contributed by atoms with E-state index in [1.54, 1.807) is 0 Å². The van der Waals surface area contributed by atoms with Gasteiger partial charge in [0.25, 0.3) is 0 Å². The summed E-state index contributed by atoms with van der Waals surface area (Å²) < 4.78 is 25.0. The first-order valence-electron chi connectivity index (χ1n) is 4.98.